The Labute approximate surface area is 114 Å². The molecule has 1 aromatic carbocycles. The number of nitrogens with zero attached hydrogens (tertiary/aromatic N) is 1. The molecule has 0 bridgehead atoms. The van der Waals surface area contributed by atoms with E-state index in [1.807, 2.05) is 12.1 Å². The van der Waals surface area contributed by atoms with Gasteiger partial charge in [-0.2, -0.15) is 13.2 Å². The van der Waals surface area contributed by atoms with Crippen molar-refractivity contribution in [2.45, 2.75) is 12.6 Å². The number of anilines is 2. The quantitative estimate of drug-likeness (QED) is 0.903. The third-order valence-electron chi connectivity index (χ3n) is 2.76. The molecule has 106 valence electrons. The number of hydrogen-bond acceptors (Lipinski definition) is 3. The second kappa shape index (κ2) is 5.92. The number of nitrogens with one attached hydrogen (secondary N) is 1. The second-order valence-electron chi connectivity index (χ2n) is 4.26. The fraction of sp³-hybridized carbons (Fsp3) is 0.214. The second-order valence-corrected chi connectivity index (χ2v) is 4.26. The molecule has 1 heterocycles. The monoisotopic (exact) mass is 281 g/mol. The Morgan fingerprint density at radius 1 is 1.10 bits per heavy atom. The molecule has 0 atom stereocenters. The van der Waals surface area contributed by atoms with Crippen LogP contribution in [-0.2, 0) is 12.6 Å². The van der Waals surface area contributed by atoms with Crippen LogP contribution in [0, 0.1) is 0 Å². The molecule has 0 radical (unpaired) electrons. The van der Waals surface area contributed by atoms with Crippen LogP contribution in [0.1, 0.15) is 11.1 Å². The summed E-state index contributed by atoms with van der Waals surface area (Å²) in [5, 5.41) is 2.69. The molecule has 3 N–H and O–H groups in total. The van der Waals surface area contributed by atoms with E-state index in [2.05, 4.69) is 10.3 Å². The van der Waals surface area contributed by atoms with Crippen LogP contribution in [0.2, 0.25) is 0 Å². The zero-order valence-corrected chi connectivity index (χ0v) is 10.6. The zero-order valence-electron chi connectivity index (χ0n) is 10.6. The molecule has 20 heavy (non-hydrogen) atoms. The van der Waals surface area contributed by atoms with Gasteiger partial charge in [-0.1, -0.05) is 12.1 Å². The molecule has 2 aromatic rings. The maximum absolute atomic E-state index is 12.8. The highest BCUT2D eigenvalue weighted by atomic mass is 19.4. The van der Waals surface area contributed by atoms with Gasteiger partial charge in [-0.3, -0.25) is 0 Å². The molecule has 2 rings (SSSR count). The Hall–Kier alpha value is -2.08. The summed E-state index contributed by atoms with van der Waals surface area (Å²) in [6.07, 6.45) is -2.38. The summed E-state index contributed by atoms with van der Waals surface area (Å²) in [7, 11) is 0. The molecule has 6 heteroatoms. The summed E-state index contributed by atoms with van der Waals surface area (Å²) < 4.78 is 38.5. The third kappa shape index (κ3) is 3.48. The molecule has 0 unspecified atom stereocenters. The van der Waals surface area contributed by atoms with Gasteiger partial charge in [-0.15, -0.1) is 0 Å². The molecule has 1 aromatic heterocycles. The summed E-state index contributed by atoms with van der Waals surface area (Å²) >= 11 is 0. The maximum atomic E-state index is 12.8. The topological polar surface area (TPSA) is 50.9 Å². The van der Waals surface area contributed by atoms with Gasteiger partial charge in [-0.05, 0) is 42.8 Å². The largest absolute Gasteiger partial charge is 0.419 e. The third-order valence-corrected chi connectivity index (χ3v) is 2.76. The normalized spacial score (nSPS) is 11.4. The van der Waals surface area contributed by atoms with E-state index in [9.17, 15) is 13.2 Å². The summed E-state index contributed by atoms with van der Waals surface area (Å²) in [5.74, 6) is -0.202. The van der Waals surface area contributed by atoms with E-state index in [-0.39, 0.29) is 5.82 Å². The van der Waals surface area contributed by atoms with Crippen LogP contribution < -0.4 is 11.1 Å². The minimum absolute atomic E-state index is 0.202. The van der Waals surface area contributed by atoms with Gasteiger partial charge in [0.15, 0.2) is 0 Å². The highest BCUT2D eigenvalue weighted by molar-refractivity contribution is 5.60. The Kier molecular flexibility index (Phi) is 4.24. The first-order valence-electron chi connectivity index (χ1n) is 6.09. The Balaban J connectivity index is 2.22. The molecule has 0 aliphatic rings. The summed E-state index contributed by atoms with van der Waals surface area (Å²) in [5.41, 5.74) is 6.24. The SMILES string of the molecule is NCCc1ccc(Nc2ncccc2C(F)(F)F)cc1. The van der Waals surface area contributed by atoms with Crippen molar-refractivity contribution in [3.05, 3.63) is 53.7 Å². The minimum atomic E-state index is -4.43. The van der Waals surface area contributed by atoms with Crippen molar-refractivity contribution >= 4 is 11.5 Å². The molecule has 0 spiro atoms. The maximum Gasteiger partial charge on any atom is 0.419 e. The van der Waals surface area contributed by atoms with Gasteiger partial charge < -0.3 is 11.1 Å². The number of nitrogens with two attached hydrogens (primary N) is 1. The lowest BCUT2D eigenvalue weighted by molar-refractivity contribution is -0.137. The van der Waals surface area contributed by atoms with Gasteiger partial charge in [-0.25, -0.2) is 4.98 Å². The van der Waals surface area contributed by atoms with Crippen LogP contribution in [0.15, 0.2) is 42.6 Å². The molecule has 0 aliphatic heterocycles. The molecule has 0 saturated heterocycles. The van der Waals surface area contributed by atoms with Crippen LogP contribution >= 0.6 is 0 Å². The average Bonchev–Trinajstić information content (AvgIpc) is 2.41. The average molecular weight is 281 g/mol. The number of halogens is 3. The smallest absolute Gasteiger partial charge is 0.340 e. The first-order valence-corrected chi connectivity index (χ1v) is 6.09. The van der Waals surface area contributed by atoms with Crippen molar-refractivity contribution in [3.63, 3.8) is 0 Å². The van der Waals surface area contributed by atoms with E-state index in [4.69, 9.17) is 5.73 Å². The molecule has 0 aliphatic carbocycles. The van der Waals surface area contributed by atoms with Gasteiger partial charge in [0.05, 0.1) is 5.56 Å². The fourth-order valence-electron chi connectivity index (χ4n) is 1.79. The Morgan fingerprint density at radius 3 is 2.40 bits per heavy atom. The van der Waals surface area contributed by atoms with E-state index in [1.54, 1.807) is 12.1 Å². The zero-order chi connectivity index (χ0) is 14.6. The van der Waals surface area contributed by atoms with Gasteiger partial charge in [0.2, 0.25) is 0 Å². The lowest BCUT2D eigenvalue weighted by Gasteiger charge is -2.13. The van der Waals surface area contributed by atoms with Crippen molar-refractivity contribution < 1.29 is 13.2 Å². The lowest BCUT2D eigenvalue weighted by Crippen LogP contribution is -2.10. The first kappa shape index (κ1) is 14.3. The number of hydrogen-bond donors (Lipinski definition) is 2. The number of alkyl halides is 3. The van der Waals surface area contributed by atoms with Crippen LogP contribution in [0.5, 0.6) is 0 Å². The van der Waals surface area contributed by atoms with Crippen LogP contribution in [0.25, 0.3) is 0 Å². The highest BCUT2D eigenvalue weighted by Crippen LogP contribution is 2.34. The van der Waals surface area contributed by atoms with Crippen molar-refractivity contribution in [2.24, 2.45) is 5.73 Å². The van der Waals surface area contributed by atoms with E-state index in [0.717, 1.165) is 18.1 Å². The molecular formula is C14H14F3N3. The van der Waals surface area contributed by atoms with Crippen molar-refractivity contribution in [2.75, 3.05) is 11.9 Å². The number of aromatic nitrogens is 1. The van der Waals surface area contributed by atoms with E-state index in [0.29, 0.717) is 12.2 Å². The van der Waals surface area contributed by atoms with Crippen molar-refractivity contribution in [3.8, 4) is 0 Å². The lowest BCUT2D eigenvalue weighted by atomic mass is 10.1. The van der Waals surface area contributed by atoms with Gasteiger partial charge in [0.25, 0.3) is 0 Å². The molecular weight excluding hydrogens is 267 g/mol. The molecule has 0 amide bonds. The Morgan fingerprint density at radius 2 is 1.80 bits per heavy atom. The number of benzene rings is 1. The van der Waals surface area contributed by atoms with Crippen LogP contribution in [-0.4, -0.2) is 11.5 Å². The van der Waals surface area contributed by atoms with Crippen molar-refractivity contribution in [1.29, 1.82) is 0 Å². The number of rotatable bonds is 4. The van der Waals surface area contributed by atoms with E-state index in [1.165, 1.54) is 12.3 Å². The van der Waals surface area contributed by atoms with E-state index >= 15 is 0 Å². The van der Waals surface area contributed by atoms with Crippen LogP contribution in [0.4, 0.5) is 24.7 Å². The summed E-state index contributed by atoms with van der Waals surface area (Å²) in [6.45, 7) is 0.533. The van der Waals surface area contributed by atoms with Gasteiger partial charge in [0, 0.05) is 11.9 Å². The molecule has 0 saturated carbocycles. The molecule has 3 nitrogen and oxygen atoms in total. The predicted octanol–water partition coefficient (Wildman–Crippen LogP) is 3.35. The van der Waals surface area contributed by atoms with Crippen LogP contribution in [0.3, 0.4) is 0 Å². The van der Waals surface area contributed by atoms with Crippen molar-refractivity contribution in [1.82, 2.24) is 4.98 Å². The first-order chi connectivity index (χ1) is 9.50. The fourth-order valence-corrected chi connectivity index (χ4v) is 1.79. The standard InChI is InChI=1S/C14H14F3N3/c15-14(16,17)12-2-1-9-19-13(12)20-11-5-3-10(4-6-11)7-8-18/h1-6,9H,7-8,18H2,(H,19,20). The number of pyridine rings is 1. The summed E-state index contributed by atoms with van der Waals surface area (Å²) in [4.78, 5) is 3.75. The Bertz CT molecular complexity index is 565. The minimum Gasteiger partial charge on any atom is -0.340 e. The highest BCUT2D eigenvalue weighted by Gasteiger charge is 2.34. The predicted molar refractivity (Wildman–Crippen MR) is 71.7 cm³/mol. The molecule has 0 fully saturated rings. The van der Waals surface area contributed by atoms with Gasteiger partial charge >= 0.3 is 6.18 Å². The van der Waals surface area contributed by atoms with E-state index < -0.39 is 11.7 Å². The summed E-state index contributed by atoms with van der Waals surface area (Å²) in [6, 6.07) is 9.33. The van der Waals surface area contributed by atoms with Gasteiger partial charge in [0.1, 0.15) is 5.82 Å².